The maximum absolute atomic E-state index is 12.9. The van der Waals surface area contributed by atoms with Crippen LogP contribution in [0, 0.1) is 0 Å². The topological polar surface area (TPSA) is 72.3 Å². The highest BCUT2D eigenvalue weighted by Crippen LogP contribution is 2.30. The molecule has 0 spiro atoms. The van der Waals surface area contributed by atoms with Gasteiger partial charge in [0.25, 0.3) is 5.91 Å². The minimum Gasteiger partial charge on any atom is -0.393 e. The van der Waals surface area contributed by atoms with Crippen molar-refractivity contribution in [3.8, 4) is 0 Å². The Morgan fingerprint density at radius 3 is 2.56 bits per heavy atom. The third-order valence-corrected chi connectivity index (χ3v) is 6.32. The van der Waals surface area contributed by atoms with Crippen LogP contribution in [-0.2, 0) is 11.0 Å². The highest BCUT2D eigenvalue weighted by molar-refractivity contribution is 6.45. The molecule has 10 heteroatoms. The van der Waals surface area contributed by atoms with Gasteiger partial charge in [0.15, 0.2) is 0 Å². The normalized spacial score (nSPS) is 23.3. The van der Waals surface area contributed by atoms with Gasteiger partial charge in [-0.25, -0.2) is 4.98 Å². The first-order valence-electron chi connectivity index (χ1n) is 11.0. The Morgan fingerprint density at radius 2 is 1.94 bits per heavy atom. The van der Waals surface area contributed by atoms with Crippen LogP contribution in [0.1, 0.15) is 25.3 Å². The molecule has 0 radical (unpaired) electrons. The van der Waals surface area contributed by atoms with Crippen molar-refractivity contribution >= 4 is 17.4 Å². The Bertz CT molecular complexity index is 892. The number of carbonyl (C=O) groups is 1. The Morgan fingerprint density at radius 1 is 1.19 bits per heavy atom. The molecule has 1 atom stereocenters. The molecular formula is C22H28F3N5O2. The Kier molecular flexibility index (Phi) is 6.52. The summed E-state index contributed by atoms with van der Waals surface area (Å²) >= 11 is 0. The number of aliphatic imine (C=N–C) groups is 1. The summed E-state index contributed by atoms with van der Waals surface area (Å²) in [6, 6.07) is 2.56. The molecule has 1 aromatic rings. The molecule has 0 aliphatic carbocycles. The highest BCUT2D eigenvalue weighted by atomic mass is 19.4. The molecule has 2 fully saturated rings. The fourth-order valence-electron chi connectivity index (χ4n) is 4.49. The molecule has 3 aliphatic rings. The van der Waals surface area contributed by atoms with Gasteiger partial charge in [-0.1, -0.05) is 6.08 Å². The zero-order chi connectivity index (χ0) is 22.9. The van der Waals surface area contributed by atoms with E-state index in [2.05, 4.69) is 14.9 Å². The van der Waals surface area contributed by atoms with E-state index in [4.69, 9.17) is 0 Å². The number of amides is 1. The first kappa shape index (κ1) is 22.7. The molecule has 1 N–H and O–H groups in total. The van der Waals surface area contributed by atoms with Crippen molar-refractivity contribution in [3.63, 3.8) is 0 Å². The number of aliphatic hydroxyl groups excluding tert-OH is 1. The van der Waals surface area contributed by atoms with Gasteiger partial charge in [-0.3, -0.25) is 14.7 Å². The van der Waals surface area contributed by atoms with E-state index in [1.54, 1.807) is 4.90 Å². The molecule has 0 unspecified atom stereocenters. The number of pyridine rings is 1. The van der Waals surface area contributed by atoms with Crippen LogP contribution in [-0.4, -0.2) is 89.5 Å². The molecule has 7 nitrogen and oxygen atoms in total. The van der Waals surface area contributed by atoms with Gasteiger partial charge >= 0.3 is 6.18 Å². The molecule has 1 aromatic heterocycles. The number of halogens is 3. The Balaban J connectivity index is 1.34. The zero-order valence-corrected chi connectivity index (χ0v) is 18.1. The Labute approximate surface area is 185 Å². The number of aliphatic hydroxyl groups is 1. The third-order valence-electron chi connectivity index (χ3n) is 6.32. The van der Waals surface area contributed by atoms with Crippen LogP contribution in [0.15, 0.2) is 35.0 Å². The van der Waals surface area contributed by atoms with Crippen LogP contribution >= 0.6 is 0 Å². The second-order valence-electron chi connectivity index (χ2n) is 8.62. The molecule has 1 amide bonds. The predicted octanol–water partition coefficient (Wildman–Crippen LogP) is 1.98. The summed E-state index contributed by atoms with van der Waals surface area (Å²) in [4.78, 5) is 27.4. The minimum absolute atomic E-state index is 0.0645. The van der Waals surface area contributed by atoms with E-state index in [9.17, 15) is 23.1 Å². The lowest BCUT2D eigenvalue weighted by atomic mass is 10.0. The van der Waals surface area contributed by atoms with Gasteiger partial charge in [0, 0.05) is 51.5 Å². The van der Waals surface area contributed by atoms with Crippen molar-refractivity contribution in [2.75, 3.05) is 50.7 Å². The van der Waals surface area contributed by atoms with Crippen LogP contribution in [0.2, 0.25) is 0 Å². The lowest BCUT2D eigenvalue weighted by molar-refractivity contribution is -0.137. The summed E-state index contributed by atoms with van der Waals surface area (Å²) in [5.41, 5.74) is 0.690. The van der Waals surface area contributed by atoms with Crippen LogP contribution < -0.4 is 4.90 Å². The van der Waals surface area contributed by atoms with Crippen molar-refractivity contribution in [2.45, 2.75) is 38.1 Å². The number of rotatable bonds is 4. The molecule has 4 rings (SSSR count). The van der Waals surface area contributed by atoms with Gasteiger partial charge in [-0.2, -0.15) is 13.2 Å². The molecule has 0 bridgehead atoms. The molecule has 0 saturated carbocycles. The van der Waals surface area contributed by atoms with Gasteiger partial charge in [0.05, 0.1) is 18.2 Å². The molecule has 4 heterocycles. The van der Waals surface area contributed by atoms with Gasteiger partial charge in [0.1, 0.15) is 11.5 Å². The average molecular weight is 451 g/mol. The van der Waals surface area contributed by atoms with E-state index in [0.29, 0.717) is 70.2 Å². The van der Waals surface area contributed by atoms with Gasteiger partial charge in [0.2, 0.25) is 0 Å². The van der Waals surface area contributed by atoms with Crippen molar-refractivity contribution in [3.05, 3.63) is 35.5 Å². The summed E-state index contributed by atoms with van der Waals surface area (Å²) in [5.74, 6) is 0.469. The first-order valence-corrected chi connectivity index (χ1v) is 11.0. The van der Waals surface area contributed by atoms with Crippen LogP contribution in [0.25, 0.3) is 0 Å². The summed E-state index contributed by atoms with van der Waals surface area (Å²) in [5, 5.41) is 9.68. The summed E-state index contributed by atoms with van der Waals surface area (Å²) in [7, 11) is 0. The number of anilines is 1. The van der Waals surface area contributed by atoms with Crippen LogP contribution in [0.5, 0.6) is 0 Å². The number of alkyl halides is 3. The van der Waals surface area contributed by atoms with Gasteiger partial charge in [-0.15, -0.1) is 0 Å². The third kappa shape index (κ3) is 4.96. The van der Waals surface area contributed by atoms with E-state index in [1.807, 2.05) is 17.9 Å². The number of carbonyl (C=O) groups excluding carboxylic acids is 1. The number of likely N-dealkylation sites (tertiary alicyclic amines) is 1. The number of piperidine rings is 1. The van der Waals surface area contributed by atoms with Crippen molar-refractivity contribution in [1.82, 2.24) is 14.8 Å². The van der Waals surface area contributed by atoms with E-state index in [-0.39, 0.29) is 18.1 Å². The fraction of sp³-hybridized carbons (Fsp3) is 0.591. The number of nitrogens with zero attached hydrogens (tertiary/aromatic N) is 5. The molecule has 174 valence electrons. The molecule has 32 heavy (non-hydrogen) atoms. The second-order valence-corrected chi connectivity index (χ2v) is 8.62. The zero-order valence-electron chi connectivity index (χ0n) is 18.1. The van der Waals surface area contributed by atoms with Crippen LogP contribution in [0.4, 0.5) is 19.0 Å². The second kappa shape index (κ2) is 9.19. The minimum atomic E-state index is -4.39. The van der Waals surface area contributed by atoms with E-state index in [1.165, 1.54) is 6.07 Å². The number of piperazine rings is 1. The SMILES string of the molecule is C[C@@H]1CN(CC2=CCN=C2C(=O)N2CCC(O)CC2)CCN1c1ccc(C(F)(F)F)cn1. The highest BCUT2D eigenvalue weighted by Gasteiger charge is 2.33. The molecule has 3 aliphatic heterocycles. The number of hydrogen-bond acceptors (Lipinski definition) is 6. The van der Waals surface area contributed by atoms with Gasteiger partial charge in [-0.05, 0) is 37.5 Å². The summed E-state index contributed by atoms with van der Waals surface area (Å²) in [6.07, 6.45) is -0.677. The fourth-order valence-corrected chi connectivity index (χ4v) is 4.49. The summed E-state index contributed by atoms with van der Waals surface area (Å²) < 4.78 is 38.4. The lowest BCUT2D eigenvalue weighted by Gasteiger charge is -2.41. The molecular weight excluding hydrogens is 423 g/mol. The quantitative estimate of drug-likeness (QED) is 0.758. The lowest BCUT2D eigenvalue weighted by Crippen LogP contribution is -2.53. The largest absolute Gasteiger partial charge is 0.417 e. The van der Waals surface area contributed by atoms with Crippen molar-refractivity contribution in [2.24, 2.45) is 4.99 Å². The van der Waals surface area contributed by atoms with Gasteiger partial charge < -0.3 is 14.9 Å². The first-order chi connectivity index (χ1) is 15.2. The monoisotopic (exact) mass is 451 g/mol. The molecule has 0 aromatic carbocycles. The predicted molar refractivity (Wildman–Crippen MR) is 115 cm³/mol. The average Bonchev–Trinajstić information content (AvgIpc) is 3.21. The smallest absolute Gasteiger partial charge is 0.393 e. The van der Waals surface area contributed by atoms with Crippen LogP contribution in [0.3, 0.4) is 0 Å². The standard InChI is InChI=1S/C22H28F3N5O2/c1-15-13-28(10-11-30(15)19-3-2-17(12-27-19)22(23,24)25)14-16-4-7-26-20(16)21(32)29-8-5-18(31)6-9-29/h2-4,12,15,18,31H,5-11,13-14H2,1H3/t15-/m1/s1. The van der Waals surface area contributed by atoms with Crippen molar-refractivity contribution < 1.29 is 23.1 Å². The number of aromatic nitrogens is 1. The maximum atomic E-state index is 12.9. The van der Waals surface area contributed by atoms with E-state index < -0.39 is 11.7 Å². The Hall–Kier alpha value is -2.46. The number of hydrogen-bond donors (Lipinski definition) is 1. The maximum Gasteiger partial charge on any atom is 0.417 e. The van der Waals surface area contributed by atoms with E-state index in [0.717, 1.165) is 17.8 Å². The summed E-state index contributed by atoms with van der Waals surface area (Å²) in [6.45, 7) is 6.27. The van der Waals surface area contributed by atoms with E-state index >= 15 is 0 Å². The van der Waals surface area contributed by atoms with Crippen molar-refractivity contribution in [1.29, 1.82) is 0 Å². The molecule has 2 saturated heterocycles.